The van der Waals surface area contributed by atoms with Crippen molar-refractivity contribution < 1.29 is 28.7 Å². The van der Waals surface area contributed by atoms with Crippen LogP contribution in [0.1, 0.15) is 96.4 Å². The fraction of sp³-hybridized carbons (Fsp3) is 0.469. The van der Waals surface area contributed by atoms with Crippen LogP contribution in [-0.4, -0.2) is 92.6 Å². The van der Waals surface area contributed by atoms with Crippen molar-refractivity contribution in [3.8, 4) is 33.6 Å². The SMILES string of the molecule is COC(=O)N[C@H](C(=O)N1C2CCC(C2)CC1c1ncc(-c2ccc(-c3ccc4cc(-c5cnc([C@@H]6CC7(CC7)CN6C(=O)[C@@H](NC(=O)OC)C(C)C)[nH]5)ccc4c3)cc2)[nH]1)C(C)C. The number of carbonyl (C=O) groups excluding carboxylic acids is 4. The van der Waals surface area contributed by atoms with E-state index in [9.17, 15) is 19.2 Å². The van der Waals surface area contributed by atoms with Gasteiger partial charge in [-0.3, -0.25) is 9.59 Å². The van der Waals surface area contributed by atoms with Gasteiger partial charge in [-0.2, -0.15) is 0 Å². The fourth-order valence-electron chi connectivity index (χ4n) is 10.3. The van der Waals surface area contributed by atoms with Crippen LogP contribution in [0.25, 0.3) is 44.4 Å². The molecular formula is C49H58N8O6. The third-order valence-electron chi connectivity index (χ3n) is 14.1. The summed E-state index contributed by atoms with van der Waals surface area (Å²) < 4.78 is 9.68. The van der Waals surface area contributed by atoms with Crippen molar-refractivity contribution in [1.29, 1.82) is 0 Å². The lowest BCUT2D eigenvalue weighted by Gasteiger charge is -2.42. The van der Waals surface area contributed by atoms with Crippen molar-refractivity contribution >= 4 is 34.8 Å². The van der Waals surface area contributed by atoms with Crippen molar-refractivity contribution in [2.75, 3.05) is 20.8 Å². The third kappa shape index (κ3) is 8.27. The Morgan fingerprint density at radius 2 is 1.22 bits per heavy atom. The number of amides is 4. The highest BCUT2D eigenvalue weighted by Gasteiger charge is 2.55. The van der Waals surface area contributed by atoms with Gasteiger partial charge in [-0.05, 0) is 108 Å². The third-order valence-corrected chi connectivity index (χ3v) is 14.1. The predicted octanol–water partition coefficient (Wildman–Crippen LogP) is 8.54. The molecule has 0 radical (unpaired) electrons. The first-order valence-electron chi connectivity index (χ1n) is 22.4. The van der Waals surface area contributed by atoms with Gasteiger partial charge in [0, 0.05) is 18.2 Å². The number of carbonyl (C=O) groups is 4. The first-order valence-corrected chi connectivity index (χ1v) is 22.4. The number of aromatic amines is 2. The molecule has 2 saturated heterocycles. The fourth-order valence-corrected chi connectivity index (χ4v) is 10.3. The van der Waals surface area contributed by atoms with Gasteiger partial charge in [0.25, 0.3) is 0 Å². The first-order chi connectivity index (χ1) is 30.3. The van der Waals surface area contributed by atoms with Crippen LogP contribution in [0, 0.1) is 23.2 Å². The summed E-state index contributed by atoms with van der Waals surface area (Å²) >= 11 is 0. The average Bonchev–Trinajstić information content (AvgIpc) is 3.76. The molecule has 3 aromatic carbocycles. The Labute approximate surface area is 367 Å². The second kappa shape index (κ2) is 16.8. The molecule has 9 rings (SSSR count). The molecule has 2 aliphatic carbocycles. The van der Waals surface area contributed by atoms with E-state index in [1.807, 2.05) is 49.9 Å². The van der Waals surface area contributed by atoms with Gasteiger partial charge in [0.15, 0.2) is 0 Å². The van der Waals surface area contributed by atoms with Gasteiger partial charge in [-0.1, -0.05) is 76.2 Å². The Kier molecular flexibility index (Phi) is 11.3. The number of hydrogen-bond acceptors (Lipinski definition) is 8. The molecule has 2 bridgehead atoms. The second-order valence-electron chi connectivity index (χ2n) is 18.9. The van der Waals surface area contributed by atoms with Crippen LogP contribution in [0.4, 0.5) is 9.59 Å². The summed E-state index contributed by atoms with van der Waals surface area (Å²) in [7, 11) is 2.62. The van der Waals surface area contributed by atoms with Crippen molar-refractivity contribution in [2.45, 2.75) is 103 Å². The van der Waals surface area contributed by atoms with Crippen molar-refractivity contribution in [2.24, 2.45) is 23.2 Å². The molecule has 5 aromatic rings. The highest BCUT2D eigenvalue weighted by Crippen LogP contribution is 2.58. The quantitative estimate of drug-likeness (QED) is 0.102. The molecule has 4 amide bonds. The summed E-state index contributed by atoms with van der Waals surface area (Å²) in [6.07, 6.45) is 9.36. The van der Waals surface area contributed by atoms with E-state index in [1.54, 1.807) is 0 Å². The molecule has 14 heteroatoms. The van der Waals surface area contributed by atoms with Crippen LogP contribution < -0.4 is 10.6 Å². The molecule has 4 fully saturated rings. The summed E-state index contributed by atoms with van der Waals surface area (Å²) in [6, 6.07) is 19.7. The van der Waals surface area contributed by atoms with E-state index in [-0.39, 0.29) is 47.2 Å². The van der Waals surface area contributed by atoms with Crippen LogP contribution >= 0.6 is 0 Å². The summed E-state index contributed by atoms with van der Waals surface area (Å²) in [4.78, 5) is 73.0. The van der Waals surface area contributed by atoms with Crippen LogP contribution in [-0.2, 0) is 19.1 Å². The van der Waals surface area contributed by atoms with Crippen LogP contribution in [0.5, 0.6) is 0 Å². The van der Waals surface area contributed by atoms with Gasteiger partial charge in [0.2, 0.25) is 11.8 Å². The number of benzene rings is 3. The highest BCUT2D eigenvalue weighted by molar-refractivity contribution is 5.91. The number of imidazole rings is 2. The minimum Gasteiger partial charge on any atom is -0.453 e. The van der Waals surface area contributed by atoms with Gasteiger partial charge in [0.05, 0.1) is 50.1 Å². The number of fused-ring (bicyclic) bond motifs is 3. The van der Waals surface area contributed by atoms with E-state index in [2.05, 4.69) is 81.3 Å². The lowest BCUT2D eigenvalue weighted by Crippen LogP contribution is -2.55. The monoisotopic (exact) mass is 854 g/mol. The zero-order valence-corrected chi connectivity index (χ0v) is 36.9. The van der Waals surface area contributed by atoms with Gasteiger partial charge in [0.1, 0.15) is 23.7 Å². The van der Waals surface area contributed by atoms with Crippen molar-refractivity contribution in [3.63, 3.8) is 0 Å². The number of nitrogens with one attached hydrogen (secondary N) is 4. The van der Waals surface area contributed by atoms with Crippen LogP contribution in [0.3, 0.4) is 0 Å². The molecule has 2 aliphatic heterocycles. The van der Waals surface area contributed by atoms with E-state index < -0.39 is 24.3 Å². The maximum absolute atomic E-state index is 14.1. The molecule has 63 heavy (non-hydrogen) atoms. The smallest absolute Gasteiger partial charge is 0.407 e. The van der Waals surface area contributed by atoms with Crippen LogP contribution in [0.15, 0.2) is 73.1 Å². The van der Waals surface area contributed by atoms with Crippen molar-refractivity contribution in [1.82, 2.24) is 40.4 Å². The van der Waals surface area contributed by atoms with Crippen molar-refractivity contribution in [3.05, 3.63) is 84.7 Å². The molecule has 14 nitrogen and oxygen atoms in total. The van der Waals surface area contributed by atoms with E-state index in [4.69, 9.17) is 19.4 Å². The summed E-state index contributed by atoms with van der Waals surface area (Å²) in [6.45, 7) is 8.39. The minimum absolute atomic E-state index is 0.0878. The van der Waals surface area contributed by atoms with E-state index in [0.29, 0.717) is 12.5 Å². The minimum atomic E-state index is -0.688. The lowest BCUT2D eigenvalue weighted by molar-refractivity contribution is -0.141. The molecule has 4 N–H and O–H groups in total. The Bertz CT molecular complexity index is 2520. The van der Waals surface area contributed by atoms with E-state index in [1.165, 1.54) is 14.2 Å². The number of aromatic nitrogens is 4. The molecular weight excluding hydrogens is 797 g/mol. The molecule has 330 valence electrons. The average molecular weight is 855 g/mol. The molecule has 6 atom stereocenters. The highest BCUT2D eigenvalue weighted by atomic mass is 16.5. The number of rotatable bonds is 11. The first kappa shape index (κ1) is 42.1. The molecule has 2 saturated carbocycles. The van der Waals surface area contributed by atoms with Gasteiger partial charge in [-0.25, -0.2) is 19.6 Å². The summed E-state index contributed by atoms with van der Waals surface area (Å²) in [5, 5.41) is 7.75. The molecule has 4 heterocycles. The number of H-pyrrole nitrogens is 2. The second-order valence-corrected chi connectivity index (χ2v) is 18.9. The molecule has 4 aliphatic rings. The number of alkyl carbamates (subject to hydrolysis) is 2. The number of piperidine rings is 1. The topological polar surface area (TPSA) is 175 Å². The number of ether oxygens (including phenoxy) is 2. The molecule has 1 spiro atoms. The number of methoxy groups -OCH3 is 2. The largest absolute Gasteiger partial charge is 0.453 e. The Morgan fingerprint density at radius 3 is 1.83 bits per heavy atom. The molecule has 3 unspecified atom stereocenters. The van der Waals surface area contributed by atoms with E-state index in [0.717, 1.165) is 101 Å². The number of likely N-dealkylation sites (tertiary alicyclic amines) is 2. The Hall–Kier alpha value is -6.18. The molecule has 2 aromatic heterocycles. The zero-order valence-electron chi connectivity index (χ0n) is 36.9. The number of hydrogen-bond donors (Lipinski definition) is 4. The summed E-state index contributed by atoms with van der Waals surface area (Å²) in [5.74, 6) is 1.67. The normalized spacial score (nSPS) is 22.1. The standard InChI is InChI=1S/C49H58N8O6/c1-27(2)41(54-47(60)62-5)45(58)56-26-49(17-18-49)23-40(56)44-51-25-38(53-44)35-15-14-33-21-32(12-13-34(33)22-35)30-8-10-31(11-9-30)37-24-50-43(52-37)39-20-29-7-16-36(19-29)57(39)46(59)42(28(3)4)55-48(61)63-6/h8-15,21-22,24-25,27-29,36,39-42H,7,16-20,23,26H2,1-6H3,(H,50,52)(H,51,53)(H,54,60)(H,55,61)/t29?,36?,39?,40-,41-,42-/m0/s1. The lowest BCUT2D eigenvalue weighted by atomic mass is 9.90. The predicted molar refractivity (Wildman–Crippen MR) is 239 cm³/mol. The van der Waals surface area contributed by atoms with Gasteiger partial charge in [-0.15, -0.1) is 0 Å². The maximum atomic E-state index is 14.1. The van der Waals surface area contributed by atoms with E-state index >= 15 is 0 Å². The van der Waals surface area contributed by atoms with Gasteiger partial charge < -0.3 is 39.9 Å². The maximum Gasteiger partial charge on any atom is 0.407 e. The zero-order chi connectivity index (χ0) is 44.2. The summed E-state index contributed by atoms with van der Waals surface area (Å²) in [5.41, 5.74) is 6.09. The van der Waals surface area contributed by atoms with Gasteiger partial charge >= 0.3 is 12.2 Å². The van der Waals surface area contributed by atoms with Crippen LogP contribution in [0.2, 0.25) is 0 Å². The Morgan fingerprint density at radius 1 is 0.683 bits per heavy atom. The Balaban J connectivity index is 0.896. The number of nitrogens with zero attached hydrogens (tertiary/aromatic N) is 4.